The van der Waals surface area contributed by atoms with E-state index in [1.54, 1.807) is 18.1 Å². The van der Waals surface area contributed by atoms with E-state index in [1.165, 1.54) is 0 Å². The molecule has 5 heteroatoms. The zero-order valence-corrected chi connectivity index (χ0v) is 10.0. The Balaban J connectivity index is 2.61. The van der Waals surface area contributed by atoms with Crippen LogP contribution in [-0.4, -0.2) is 28.8 Å². The number of nitrogens with zero attached hydrogens (tertiary/aromatic N) is 2. The van der Waals surface area contributed by atoms with E-state index in [4.69, 9.17) is 5.73 Å². The van der Waals surface area contributed by atoms with Crippen molar-refractivity contribution in [3.05, 3.63) is 12.4 Å². The van der Waals surface area contributed by atoms with Gasteiger partial charge in [0.2, 0.25) is 0 Å². The van der Waals surface area contributed by atoms with E-state index in [9.17, 15) is 0 Å². The van der Waals surface area contributed by atoms with Crippen LogP contribution in [0.15, 0.2) is 17.4 Å². The number of hydrogen-bond acceptors (Lipinski definition) is 5. The van der Waals surface area contributed by atoms with E-state index in [0.29, 0.717) is 12.6 Å². The van der Waals surface area contributed by atoms with Crippen LogP contribution < -0.4 is 11.1 Å². The van der Waals surface area contributed by atoms with Crippen LogP contribution in [0.1, 0.15) is 19.8 Å². The molecule has 4 nitrogen and oxygen atoms in total. The summed E-state index contributed by atoms with van der Waals surface area (Å²) in [7, 11) is 0. The van der Waals surface area contributed by atoms with Gasteiger partial charge in [-0.3, -0.25) is 0 Å². The van der Waals surface area contributed by atoms with Crippen LogP contribution in [0.3, 0.4) is 0 Å². The summed E-state index contributed by atoms with van der Waals surface area (Å²) in [4.78, 5) is 8.31. The Kier molecular flexibility index (Phi) is 5.42. The molecule has 0 radical (unpaired) electrons. The van der Waals surface area contributed by atoms with Crippen molar-refractivity contribution in [2.45, 2.75) is 30.8 Å². The molecule has 0 spiro atoms. The molecule has 0 aliphatic heterocycles. The van der Waals surface area contributed by atoms with Crippen LogP contribution in [0.5, 0.6) is 0 Å². The summed E-state index contributed by atoms with van der Waals surface area (Å²) >= 11 is 1.62. The second-order valence-corrected chi connectivity index (χ2v) is 4.10. The molecule has 1 aromatic rings. The lowest BCUT2D eigenvalue weighted by Crippen LogP contribution is -2.22. The van der Waals surface area contributed by atoms with Crippen molar-refractivity contribution in [1.29, 1.82) is 0 Å². The highest BCUT2D eigenvalue weighted by Gasteiger charge is 2.06. The summed E-state index contributed by atoms with van der Waals surface area (Å²) in [6.07, 6.45) is 5.61. The lowest BCUT2D eigenvalue weighted by Gasteiger charge is -2.16. The molecule has 0 saturated carbocycles. The lowest BCUT2D eigenvalue weighted by atomic mass is 10.1. The maximum Gasteiger partial charge on any atom is 0.130 e. The van der Waals surface area contributed by atoms with Crippen molar-refractivity contribution >= 4 is 17.6 Å². The highest BCUT2D eigenvalue weighted by atomic mass is 32.2. The molecule has 3 N–H and O–H groups in total. The highest BCUT2D eigenvalue weighted by Crippen LogP contribution is 2.15. The molecular weight excluding hydrogens is 208 g/mol. The predicted octanol–water partition coefficient (Wildman–Crippen LogP) is 1.74. The van der Waals surface area contributed by atoms with Gasteiger partial charge in [-0.05, 0) is 25.6 Å². The minimum Gasteiger partial charge on any atom is -0.367 e. The molecule has 0 bridgehead atoms. The zero-order valence-electron chi connectivity index (χ0n) is 9.23. The predicted molar refractivity (Wildman–Crippen MR) is 65.2 cm³/mol. The van der Waals surface area contributed by atoms with Gasteiger partial charge in [0.15, 0.2) is 0 Å². The fraction of sp³-hybridized carbons (Fsp3) is 0.600. The Morgan fingerprint density at radius 1 is 1.53 bits per heavy atom. The summed E-state index contributed by atoms with van der Waals surface area (Å²) in [6, 6.07) is 2.36. The van der Waals surface area contributed by atoms with Crippen molar-refractivity contribution in [3.8, 4) is 0 Å². The van der Waals surface area contributed by atoms with Crippen LogP contribution in [0.25, 0.3) is 0 Å². The molecule has 0 aliphatic carbocycles. The third-order valence-corrected chi connectivity index (χ3v) is 2.85. The minimum absolute atomic E-state index is 0.402. The second kappa shape index (κ2) is 6.63. The van der Waals surface area contributed by atoms with Crippen molar-refractivity contribution in [1.82, 2.24) is 9.97 Å². The maximum absolute atomic E-state index is 5.54. The SMILES string of the molecule is CCC(CCN)Nc1cc(SC)ncn1. The monoisotopic (exact) mass is 226 g/mol. The molecule has 0 amide bonds. The van der Waals surface area contributed by atoms with Gasteiger partial charge < -0.3 is 11.1 Å². The molecule has 15 heavy (non-hydrogen) atoms. The standard InChI is InChI=1S/C10H18N4S/c1-3-8(4-5-11)14-9-6-10(15-2)13-7-12-9/h6-8H,3-5,11H2,1-2H3,(H,12,13,14). The van der Waals surface area contributed by atoms with Crippen LogP contribution in [0.4, 0.5) is 5.82 Å². The van der Waals surface area contributed by atoms with Crippen molar-refractivity contribution in [3.63, 3.8) is 0 Å². The Morgan fingerprint density at radius 2 is 2.33 bits per heavy atom. The Labute approximate surface area is 95.1 Å². The normalized spacial score (nSPS) is 12.5. The molecule has 84 valence electrons. The molecule has 0 fully saturated rings. The summed E-state index contributed by atoms with van der Waals surface area (Å²) < 4.78 is 0. The molecular formula is C10H18N4S. The number of aromatic nitrogens is 2. The second-order valence-electron chi connectivity index (χ2n) is 3.27. The largest absolute Gasteiger partial charge is 0.367 e. The summed E-state index contributed by atoms with van der Waals surface area (Å²) in [5.41, 5.74) is 5.54. The Bertz CT molecular complexity index is 293. The van der Waals surface area contributed by atoms with Crippen molar-refractivity contribution in [2.75, 3.05) is 18.1 Å². The number of anilines is 1. The molecule has 0 aliphatic rings. The van der Waals surface area contributed by atoms with Crippen LogP contribution >= 0.6 is 11.8 Å². The zero-order chi connectivity index (χ0) is 11.1. The average molecular weight is 226 g/mol. The Morgan fingerprint density at radius 3 is 2.93 bits per heavy atom. The Hall–Kier alpha value is -0.810. The van der Waals surface area contributed by atoms with Gasteiger partial charge in [-0.15, -0.1) is 11.8 Å². The third kappa shape index (κ3) is 4.05. The number of nitrogens with two attached hydrogens (primary N) is 1. The first-order valence-corrected chi connectivity index (χ1v) is 6.35. The maximum atomic E-state index is 5.54. The van der Waals surface area contributed by atoms with Gasteiger partial charge in [0.05, 0.1) is 0 Å². The van der Waals surface area contributed by atoms with Crippen molar-refractivity contribution < 1.29 is 0 Å². The minimum atomic E-state index is 0.402. The molecule has 1 heterocycles. The number of hydrogen-bond donors (Lipinski definition) is 2. The summed E-state index contributed by atoms with van der Waals surface area (Å²) in [5, 5.41) is 4.34. The molecule has 0 saturated heterocycles. The smallest absolute Gasteiger partial charge is 0.130 e. The van der Waals surface area contributed by atoms with Gasteiger partial charge in [-0.25, -0.2) is 9.97 Å². The quantitative estimate of drug-likeness (QED) is 0.571. The molecule has 1 rings (SSSR count). The van der Waals surface area contributed by atoms with Crippen LogP contribution in [-0.2, 0) is 0 Å². The average Bonchev–Trinajstić information content (AvgIpc) is 2.29. The summed E-state index contributed by atoms with van der Waals surface area (Å²) in [5.74, 6) is 0.884. The van der Waals surface area contributed by atoms with E-state index >= 15 is 0 Å². The van der Waals surface area contributed by atoms with Gasteiger partial charge in [0.25, 0.3) is 0 Å². The fourth-order valence-corrected chi connectivity index (χ4v) is 1.70. The highest BCUT2D eigenvalue weighted by molar-refractivity contribution is 7.98. The van der Waals surface area contributed by atoms with Gasteiger partial charge >= 0.3 is 0 Å². The summed E-state index contributed by atoms with van der Waals surface area (Å²) in [6.45, 7) is 2.84. The van der Waals surface area contributed by atoms with Gasteiger partial charge in [0.1, 0.15) is 17.2 Å². The van der Waals surface area contributed by atoms with Crippen molar-refractivity contribution in [2.24, 2.45) is 5.73 Å². The first-order valence-electron chi connectivity index (χ1n) is 5.12. The van der Waals surface area contributed by atoms with Gasteiger partial charge in [0, 0.05) is 12.1 Å². The van der Waals surface area contributed by atoms with Gasteiger partial charge in [-0.2, -0.15) is 0 Å². The molecule has 1 aromatic heterocycles. The fourth-order valence-electron chi connectivity index (χ4n) is 1.32. The van der Waals surface area contributed by atoms with E-state index in [-0.39, 0.29) is 0 Å². The van der Waals surface area contributed by atoms with Gasteiger partial charge in [-0.1, -0.05) is 6.92 Å². The molecule has 1 atom stereocenters. The lowest BCUT2D eigenvalue weighted by molar-refractivity contribution is 0.639. The number of rotatable bonds is 6. The van der Waals surface area contributed by atoms with Crippen LogP contribution in [0, 0.1) is 0 Å². The first-order chi connectivity index (χ1) is 7.30. The van der Waals surface area contributed by atoms with E-state index in [2.05, 4.69) is 22.2 Å². The van der Waals surface area contributed by atoms with E-state index in [1.807, 2.05) is 12.3 Å². The van der Waals surface area contributed by atoms with E-state index < -0.39 is 0 Å². The third-order valence-electron chi connectivity index (χ3n) is 2.21. The molecule has 0 aromatic carbocycles. The number of thioether (sulfide) groups is 1. The molecule has 1 unspecified atom stereocenters. The number of nitrogens with one attached hydrogen (secondary N) is 1. The first kappa shape index (κ1) is 12.3. The topological polar surface area (TPSA) is 63.8 Å². The van der Waals surface area contributed by atoms with E-state index in [0.717, 1.165) is 23.7 Å². The van der Waals surface area contributed by atoms with Crippen LogP contribution in [0.2, 0.25) is 0 Å².